The Kier molecular flexibility index (Phi) is 5.47. The number of nitrogens with one attached hydrogen (secondary N) is 1. The molecule has 2 aromatic rings. The maximum Gasteiger partial charge on any atom is 0.0453 e. The molecule has 1 nitrogen and oxygen atoms in total. The lowest BCUT2D eigenvalue weighted by molar-refractivity contribution is 0.592. The van der Waals surface area contributed by atoms with Crippen molar-refractivity contribution in [2.75, 3.05) is 7.05 Å². The van der Waals surface area contributed by atoms with Gasteiger partial charge in [-0.3, -0.25) is 0 Å². The molecule has 0 saturated carbocycles. The number of hydrogen-bond acceptors (Lipinski definition) is 1. The molecule has 0 heterocycles. The third kappa shape index (κ3) is 3.76. The molecule has 1 N–H and O–H groups in total. The molecule has 0 bridgehead atoms. The third-order valence-electron chi connectivity index (χ3n) is 3.58. The molecule has 1 atom stereocenters. The fourth-order valence-electron chi connectivity index (χ4n) is 2.28. The first-order chi connectivity index (χ1) is 9.63. The summed E-state index contributed by atoms with van der Waals surface area (Å²) in [4.78, 5) is 0. The molecule has 0 saturated heterocycles. The molecule has 0 aliphatic rings. The van der Waals surface area contributed by atoms with Gasteiger partial charge in [0.05, 0.1) is 0 Å². The van der Waals surface area contributed by atoms with Gasteiger partial charge >= 0.3 is 0 Å². The van der Waals surface area contributed by atoms with Gasteiger partial charge in [-0.25, -0.2) is 0 Å². The zero-order valence-electron chi connectivity index (χ0n) is 11.8. The van der Waals surface area contributed by atoms with Crippen molar-refractivity contribution >= 4 is 23.2 Å². The van der Waals surface area contributed by atoms with E-state index in [9.17, 15) is 0 Å². The smallest absolute Gasteiger partial charge is 0.0453 e. The Morgan fingerprint density at radius 2 is 1.75 bits per heavy atom. The van der Waals surface area contributed by atoms with Crippen LogP contribution in [0.15, 0.2) is 42.5 Å². The minimum atomic E-state index is 0.250. The van der Waals surface area contributed by atoms with Crippen molar-refractivity contribution in [3.8, 4) is 0 Å². The quantitative estimate of drug-likeness (QED) is 0.814. The van der Waals surface area contributed by atoms with E-state index in [1.54, 1.807) is 6.07 Å². The first-order valence-electron chi connectivity index (χ1n) is 6.84. The first-order valence-corrected chi connectivity index (χ1v) is 7.59. The summed E-state index contributed by atoms with van der Waals surface area (Å²) in [6.07, 6.45) is 1.91. The van der Waals surface area contributed by atoms with Crippen LogP contribution in [0.1, 0.15) is 29.7 Å². The first kappa shape index (κ1) is 15.4. The summed E-state index contributed by atoms with van der Waals surface area (Å²) >= 11 is 12.2. The molecule has 1 unspecified atom stereocenters. The monoisotopic (exact) mass is 307 g/mol. The topological polar surface area (TPSA) is 12.0 Å². The minimum Gasteiger partial charge on any atom is -0.313 e. The summed E-state index contributed by atoms with van der Waals surface area (Å²) in [6.45, 7) is 2.16. The van der Waals surface area contributed by atoms with Crippen molar-refractivity contribution in [3.05, 3.63) is 69.2 Å². The van der Waals surface area contributed by atoms with Crippen molar-refractivity contribution in [1.29, 1.82) is 0 Å². The van der Waals surface area contributed by atoms with Crippen molar-refractivity contribution in [1.82, 2.24) is 5.32 Å². The molecule has 0 spiro atoms. The van der Waals surface area contributed by atoms with Gasteiger partial charge in [0.15, 0.2) is 0 Å². The normalized spacial score (nSPS) is 12.4. The lowest BCUT2D eigenvalue weighted by atomic mass is 9.97. The molecule has 0 aliphatic heterocycles. The zero-order valence-corrected chi connectivity index (χ0v) is 13.3. The van der Waals surface area contributed by atoms with Crippen LogP contribution in [0.25, 0.3) is 0 Å². The Hall–Kier alpha value is -1.02. The number of likely N-dealkylation sites (N-methyl/N-ethyl adjacent to an activating group) is 1. The Morgan fingerprint density at radius 1 is 1.05 bits per heavy atom. The Labute approximate surface area is 130 Å². The number of rotatable bonds is 5. The maximum atomic E-state index is 6.25. The maximum absolute atomic E-state index is 6.25. The van der Waals surface area contributed by atoms with Crippen LogP contribution >= 0.6 is 23.2 Å². The molecule has 20 heavy (non-hydrogen) atoms. The number of hydrogen-bond donors (Lipinski definition) is 1. The lowest BCUT2D eigenvalue weighted by Gasteiger charge is -2.18. The van der Waals surface area contributed by atoms with Gasteiger partial charge in [-0.1, -0.05) is 60.5 Å². The van der Waals surface area contributed by atoms with Gasteiger partial charge in [0.2, 0.25) is 0 Å². The van der Waals surface area contributed by atoms with E-state index in [1.165, 1.54) is 11.1 Å². The van der Waals surface area contributed by atoms with Gasteiger partial charge in [-0.2, -0.15) is 0 Å². The summed E-state index contributed by atoms with van der Waals surface area (Å²) < 4.78 is 0. The molecule has 0 amide bonds. The van der Waals surface area contributed by atoms with Crippen LogP contribution in [0, 0.1) is 0 Å². The van der Waals surface area contributed by atoms with Crippen LogP contribution in [-0.4, -0.2) is 7.05 Å². The largest absolute Gasteiger partial charge is 0.313 e. The van der Waals surface area contributed by atoms with Crippen LogP contribution in [0.2, 0.25) is 10.0 Å². The predicted octanol–water partition coefficient (Wildman–Crippen LogP) is 5.06. The fraction of sp³-hybridized carbons (Fsp3) is 0.294. The summed E-state index contributed by atoms with van der Waals surface area (Å²) in [6, 6.07) is 14.7. The van der Waals surface area contributed by atoms with E-state index in [-0.39, 0.29) is 6.04 Å². The van der Waals surface area contributed by atoms with Crippen molar-refractivity contribution < 1.29 is 0 Å². The standard InChI is InChI=1S/C17H19Cl2N/c1-3-12-4-6-13(7-5-12)17(20-2)10-14-8-9-15(18)11-16(14)19/h4-9,11,17,20H,3,10H2,1-2H3. The lowest BCUT2D eigenvalue weighted by Crippen LogP contribution is -2.19. The van der Waals surface area contributed by atoms with Gasteiger partial charge < -0.3 is 5.32 Å². The van der Waals surface area contributed by atoms with E-state index in [2.05, 4.69) is 36.5 Å². The van der Waals surface area contributed by atoms with Gasteiger partial charge in [0, 0.05) is 16.1 Å². The molecule has 106 valence electrons. The second kappa shape index (κ2) is 7.12. The zero-order chi connectivity index (χ0) is 14.5. The Morgan fingerprint density at radius 3 is 2.30 bits per heavy atom. The van der Waals surface area contributed by atoms with Crippen molar-refractivity contribution in [2.24, 2.45) is 0 Å². The highest BCUT2D eigenvalue weighted by Gasteiger charge is 2.12. The molecule has 0 fully saturated rings. The molecular formula is C17H19Cl2N. The van der Waals surface area contributed by atoms with Crippen molar-refractivity contribution in [3.63, 3.8) is 0 Å². The summed E-state index contributed by atoms with van der Waals surface area (Å²) in [7, 11) is 1.97. The van der Waals surface area contributed by atoms with Gasteiger partial charge in [0.25, 0.3) is 0 Å². The highest BCUT2D eigenvalue weighted by atomic mass is 35.5. The number of benzene rings is 2. The molecule has 2 rings (SSSR count). The van der Waals surface area contributed by atoms with E-state index in [1.807, 2.05) is 19.2 Å². The van der Waals surface area contributed by atoms with Crippen LogP contribution in [-0.2, 0) is 12.8 Å². The van der Waals surface area contributed by atoms with Crippen molar-refractivity contribution in [2.45, 2.75) is 25.8 Å². The molecule has 3 heteroatoms. The number of halogens is 2. The van der Waals surface area contributed by atoms with Gasteiger partial charge in [-0.05, 0) is 48.7 Å². The Bertz CT molecular complexity index is 564. The van der Waals surface area contributed by atoms with E-state index >= 15 is 0 Å². The highest BCUT2D eigenvalue weighted by Crippen LogP contribution is 2.26. The Balaban J connectivity index is 2.19. The predicted molar refractivity (Wildman–Crippen MR) is 87.8 cm³/mol. The molecule has 0 radical (unpaired) electrons. The van der Waals surface area contributed by atoms with E-state index in [4.69, 9.17) is 23.2 Å². The fourth-order valence-corrected chi connectivity index (χ4v) is 2.77. The third-order valence-corrected chi connectivity index (χ3v) is 4.16. The van der Waals surface area contributed by atoms with Crippen LogP contribution in [0.3, 0.4) is 0 Å². The average molecular weight is 308 g/mol. The van der Waals surface area contributed by atoms with Crippen LogP contribution in [0.5, 0.6) is 0 Å². The number of aryl methyl sites for hydroxylation is 1. The molecule has 0 aliphatic carbocycles. The summed E-state index contributed by atoms with van der Waals surface area (Å²) in [5.41, 5.74) is 3.74. The van der Waals surface area contributed by atoms with E-state index in [0.29, 0.717) is 5.02 Å². The van der Waals surface area contributed by atoms with E-state index in [0.717, 1.165) is 23.4 Å². The average Bonchev–Trinajstić information content (AvgIpc) is 2.47. The van der Waals surface area contributed by atoms with Gasteiger partial charge in [-0.15, -0.1) is 0 Å². The van der Waals surface area contributed by atoms with Gasteiger partial charge in [0.1, 0.15) is 0 Å². The molecular weight excluding hydrogens is 289 g/mol. The second-order valence-corrected chi connectivity index (χ2v) is 5.72. The minimum absolute atomic E-state index is 0.250. The SMILES string of the molecule is CCc1ccc(C(Cc2ccc(Cl)cc2Cl)NC)cc1. The van der Waals surface area contributed by atoms with E-state index < -0.39 is 0 Å². The molecule has 0 aromatic heterocycles. The van der Waals surface area contributed by atoms with Crippen LogP contribution in [0.4, 0.5) is 0 Å². The summed E-state index contributed by atoms with van der Waals surface area (Å²) in [5.74, 6) is 0. The van der Waals surface area contributed by atoms with Crippen LogP contribution < -0.4 is 5.32 Å². The highest BCUT2D eigenvalue weighted by molar-refractivity contribution is 6.35. The molecule has 2 aromatic carbocycles. The summed E-state index contributed by atoms with van der Waals surface area (Å²) in [5, 5.41) is 4.75. The second-order valence-electron chi connectivity index (χ2n) is 4.88.